The maximum absolute atomic E-state index is 5.39. The molecule has 2 heterocycles. The molecule has 45 heavy (non-hydrogen) atoms. The van der Waals surface area contributed by atoms with Crippen LogP contribution in [0.2, 0.25) is 0 Å². The van der Waals surface area contributed by atoms with Crippen molar-refractivity contribution in [3.8, 4) is 44.9 Å². The summed E-state index contributed by atoms with van der Waals surface area (Å²) in [6, 6.07) is 45.3. The number of fused-ring (bicyclic) bond motifs is 7. The van der Waals surface area contributed by atoms with Crippen LogP contribution in [0, 0.1) is 0 Å². The van der Waals surface area contributed by atoms with E-state index in [4.69, 9.17) is 15.0 Å². The molecular formula is C42H29N3. The Labute approximate surface area is 261 Å². The number of rotatable bonds is 3. The molecule has 3 heteroatoms. The average Bonchev–Trinajstić information content (AvgIpc) is 3.33. The van der Waals surface area contributed by atoms with E-state index >= 15 is 0 Å². The molecule has 9 rings (SSSR count). The predicted octanol–water partition coefficient (Wildman–Crippen LogP) is 10.6. The van der Waals surface area contributed by atoms with Crippen molar-refractivity contribution in [3.05, 3.63) is 151 Å². The zero-order chi connectivity index (χ0) is 30.1. The van der Waals surface area contributed by atoms with Gasteiger partial charge < -0.3 is 0 Å². The molecular weight excluding hydrogens is 546 g/mol. The van der Waals surface area contributed by atoms with Crippen molar-refractivity contribution in [2.45, 2.75) is 19.3 Å². The summed E-state index contributed by atoms with van der Waals surface area (Å²) in [6.07, 6.45) is 3.78. The highest BCUT2D eigenvalue weighted by molar-refractivity contribution is 6.19. The normalized spacial score (nSPS) is 13.3. The first kappa shape index (κ1) is 25.8. The van der Waals surface area contributed by atoms with E-state index in [1.165, 1.54) is 49.4 Å². The van der Waals surface area contributed by atoms with Gasteiger partial charge in [-0.25, -0.2) is 4.98 Å². The van der Waals surface area contributed by atoms with Gasteiger partial charge in [0.15, 0.2) is 0 Å². The van der Waals surface area contributed by atoms with Gasteiger partial charge in [-0.05, 0) is 49.9 Å². The zero-order valence-electron chi connectivity index (χ0n) is 25.1. The molecule has 0 spiro atoms. The molecule has 6 aromatic carbocycles. The third kappa shape index (κ3) is 3.80. The van der Waals surface area contributed by atoms with Gasteiger partial charge in [0, 0.05) is 27.5 Å². The SMILES string of the molecule is CC1(C)c2ccccc2-c2nc3ccc4ccccc4c3c(-c3ccc(-c4cnc(-c5ccccc5)cn4)c4ccccc34)c21. The van der Waals surface area contributed by atoms with Crippen molar-refractivity contribution < 1.29 is 0 Å². The second-order valence-corrected chi connectivity index (χ2v) is 12.4. The Morgan fingerprint density at radius 1 is 0.511 bits per heavy atom. The Kier molecular flexibility index (Phi) is 5.54. The number of aromatic nitrogens is 3. The van der Waals surface area contributed by atoms with E-state index in [2.05, 4.69) is 123 Å². The molecule has 1 aliphatic rings. The first-order chi connectivity index (χ1) is 22.1. The van der Waals surface area contributed by atoms with Gasteiger partial charge in [0.1, 0.15) is 0 Å². The fraction of sp³-hybridized carbons (Fsp3) is 0.0714. The minimum atomic E-state index is -0.224. The third-order valence-electron chi connectivity index (χ3n) is 9.55. The third-order valence-corrected chi connectivity index (χ3v) is 9.55. The molecule has 2 aromatic heterocycles. The van der Waals surface area contributed by atoms with Crippen LogP contribution in [-0.4, -0.2) is 15.0 Å². The molecule has 212 valence electrons. The smallest absolute Gasteiger partial charge is 0.0891 e. The summed E-state index contributed by atoms with van der Waals surface area (Å²) in [7, 11) is 0. The lowest BCUT2D eigenvalue weighted by molar-refractivity contribution is 0.662. The summed E-state index contributed by atoms with van der Waals surface area (Å²) in [6.45, 7) is 4.69. The maximum Gasteiger partial charge on any atom is 0.0891 e. The second kappa shape index (κ2) is 9.67. The van der Waals surface area contributed by atoms with Crippen LogP contribution in [0.1, 0.15) is 25.0 Å². The van der Waals surface area contributed by atoms with Crippen LogP contribution in [0.25, 0.3) is 77.3 Å². The first-order valence-corrected chi connectivity index (χ1v) is 15.5. The fourth-order valence-corrected chi connectivity index (χ4v) is 7.44. The van der Waals surface area contributed by atoms with E-state index in [1.807, 2.05) is 30.6 Å². The van der Waals surface area contributed by atoms with Crippen LogP contribution < -0.4 is 0 Å². The molecule has 0 N–H and O–H groups in total. The number of nitrogens with zero attached hydrogens (tertiary/aromatic N) is 3. The van der Waals surface area contributed by atoms with Gasteiger partial charge in [-0.1, -0.05) is 135 Å². The van der Waals surface area contributed by atoms with Crippen LogP contribution in [0.5, 0.6) is 0 Å². The highest BCUT2D eigenvalue weighted by Gasteiger charge is 2.40. The number of pyridine rings is 1. The largest absolute Gasteiger partial charge is 0.252 e. The van der Waals surface area contributed by atoms with Gasteiger partial charge in [0.05, 0.1) is 35.0 Å². The van der Waals surface area contributed by atoms with Crippen LogP contribution in [-0.2, 0) is 5.41 Å². The lowest BCUT2D eigenvalue weighted by atomic mass is 9.77. The van der Waals surface area contributed by atoms with Gasteiger partial charge in [-0.2, -0.15) is 0 Å². The van der Waals surface area contributed by atoms with Crippen LogP contribution in [0.4, 0.5) is 0 Å². The average molecular weight is 576 g/mol. The Balaban J connectivity index is 1.35. The van der Waals surface area contributed by atoms with Crippen molar-refractivity contribution >= 4 is 32.4 Å². The second-order valence-electron chi connectivity index (χ2n) is 12.4. The van der Waals surface area contributed by atoms with E-state index in [0.29, 0.717) is 0 Å². The number of hydrogen-bond acceptors (Lipinski definition) is 3. The van der Waals surface area contributed by atoms with E-state index in [9.17, 15) is 0 Å². The quantitative estimate of drug-likeness (QED) is 0.197. The van der Waals surface area contributed by atoms with Gasteiger partial charge in [-0.3, -0.25) is 9.97 Å². The van der Waals surface area contributed by atoms with Crippen LogP contribution >= 0.6 is 0 Å². The Hall–Kier alpha value is -5.67. The summed E-state index contributed by atoms with van der Waals surface area (Å²) in [5.74, 6) is 0. The van der Waals surface area contributed by atoms with Crippen molar-refractivity contribution in [2.24, 2.45) is 0 Å². The Morgan fingerprint density at radius 3 is 1.96 bits per heavy atom. The summed E-state index contributed by atoms with van der Waals surface area (Å²) < 4.78 is 0. The van der Waals surface area contributed by atoms with Gasteiger partial charge in [0.2, 0.25) is 0 Å². The van der Waals surface area contributed by atoms with E-state index in [-0.39, 0.29) is 5.41 Å². The van der Waals surface area contributed by atoms with Gasteiger partial charge in [-0.15, -0.1) is 0 Å². The van der Waals surface area contributed by atoms with Crippen LogP contribution in [0.3, 0.4) is 0 Å². The molecule has 0 atom stereocenters. The van der Waals surface area contributed by atoms with Crippen LogP contribution in [0.15, 0.2) is 140 Å². The fourth-order valence-electron chi connectivity index (χ4n) is 7.44. The minimum absolute atomic E-state index is 0.224. The first-order valence-electron chi connectivity index (χ1n) is 15.5. The lowest BCUT2D eigenvalue weighted by Gasteiger charge is -2.26. The monoisotopic (exact) mass is 575 g/mol. The van der Waals surface area contributed by atoms with E-state index < -0.39 is 0 Å². The zero-order valence-corrected chi connectivity index (χ0v) is 25.1. The van der Waals surface area contributed by atoms with Crippen molar-refractivity contribution in [1.29, 1.82) is 0 Å². The molecule has 8 aromatic rings. The van der Waals surface area contributed by atoms with Crippen molar-refractivity contribution in [1.82, 2.24) is 15.0 Å². The molecule has 0 saturated carbocycles. The van der Waals surface area contributed by atoms with Gasteiger partial charge in [0.25, 0.3) is 0 Å². The molecule has 0 aliphatic heterocycles. The highest BCUT2D eigenvalue weighted by Crippen LogP contribution is 2.54. The van der Waals surface area contributed by atoms with Gasteiger partial charge >= 0.3 is 0 Å². The molecule has 0 saturated heterocycles. The minimum Gasteiger partial charge on any atom is -0.252 e. The number of hydrogen-bond donors (Lipinski definition) is 0. The summed E-state index contributed by atoms with van der Waals surface area (Å²) >= 11 is 0. The summed E-state index contributed by atoms with van der Waals surface area (Å²) in [4.78, 5) is 15.1. The Bertz CT molecular complexity index is 2440. The van der Waals surface area contributed by atoms with Crippen molar-refractivity contribution in [3.63, 3.8) is 0 Å². The molecule has 0 bridgehead atoms. The highest BCUT2D eigenvalue weighted by atomic mass is 14.8. The molecule has 3 nitrogen and oxygen atoms in total. The summed E-state index contributed by atoms with van der Waals surface area (Å²) in [5.41, 5.74) is 12.1. The molecule has 1 aliphatic carbocycles. The van der Waals surface area contributed by atoms with Crippen molar-refractivity contribution in [2.75, 3.05) is 0 Å². The predicted molar refractivity (Wildman–Crippen MR) is 186 cm³/mol. The molecule has 0 unspecified atom stereocenters. The maximum atomic E-state index is 5.39. The molecule has 0 radical (unpaired) electrons. The lowest BCUT2D eigenvalue weighted by Crippen LogP contribution is -2.17. The van der Waals surface area contributed by atoms with E-state index in [0.717, 1.165) is 39.1 Å². The Morgan fingerprint density at radius 2 is 1.16 bits per heavy atom. The standard InChI is InChI=1S/C42H29N3/c1-42(2)34-19-11-10-18-33(34)41-40(42)39(38-28-15-7-6-12-26(28)20-23-35(38)45-41)32-22-21-31(29-16-8-9-17-30(29)32)37-25-43-36(24-44-37)27-13-4-3-5-14-27/h3-25H,1-2H3. The molecule has 0 amide bonds. The molecule has 0 fully saturated rings. The topological polar surface area (TPSA) is 38.7 Å². The van der Waals surface area contributed by atoms with E-state index in [1.54, 1.807) is 0 Å². The number of benzene rings is 6. The summed E-state index contributed by atoms with van der Waals surface area (Å²) in [5, 5.41) is 6.00.